The number of amides is 1. The van der Waals surface area contributed by atoms with Gasteiger partial charge in [-0.05, 0) is 36.4 Å². The number of hydrogen-bond acceptors (Lipinski definition) is 6. The minimum absolute atomic E-state index is 0.0451. The lowest BCUT2D eigenvalue weighted by Crippen LogP contribution is -2.41. The summed E-state index contributed by atoms with van der Waals surface area (Å²) in [6.07, 6.45) is 8.20. The van der Waals surface area contributed by atoms with Crippen molar-refractivity contribution in [3.63, 3.8) is 0 Å². The minimum Gasteiger partial charge on any atom is -0.381 e. The number of pyridine rings is 1. The van der Waals surface area contributed by atoms with Gasteiger partial charge in [0.15, 0.2) is 5.65 Å². The maximum atomic E-state index is 12.7. The molecule has 1 unspecified atom stereocenters. The molecule has 0 radical (unpaired) electrons. The molecular formula is C22H27BN6O2. The molecule has 3 aromatic rings. The van der Waals surface area contributed by atoms with Crippen LogP contribution in [0.3, 0.4) is 0 Å². The Labute approximate surface area is 182 Å². The summed E-state index contributed by atoms with van der Waals surface area (Å²) in [5.74, 6) is 1.56. The van der Waals surface area contributed by atoms with Crippen molar-refractivity contribution < 1.29 is 9.53 Å². The van der Waals surface area contributed by atoms with Crippen molar-refractivity contribution in [2.45, 2.75) is 31.7 Å². The van der Waals surface area contributed by atoms with Crippen LogP contribution in [0.25, 0.3) is 5.65 Å². The molecule has 1 N–H and O–H groups in total. The molecule has 0 saturated carbocycles. The van der Waals surface area contributed by atoms with Crippen molar-refractivity contribution in [3.05, 3.63) is 48.0 Å². The SMILES string of the molecule is Bc1cnn2c(NCc3cccnc3)cc(C3CCN(C(=O)C4CCOC4)CC3)nc12. The van der Waals surface area contributed by atoms with Crippen LogP contribution in [0, 0.1) is 5.92 Å². The smallest absolute Gasteiger partial charge is 0.228 e. The zero-order valence-corrected chi connectivity index (χ0v) is 17.8. The molecule has 31 heavy (non-hydrogen) atoms. The average Bonchev–Trinajstić information content (AvgIpc) is 3.48. The van der Waals surface area contributed by atoms with Gasteiger partial charge in [-0.2, -0.15) is 9.61 Å². The van der Waals surface area contributed by atoms with E-state index < -0.39 is 0 Å². The minimum atomic E-state index is 0.0451. The molecule has 3 aromatic heterocycles. The van der Waals surface area contributed by atoms with Crippen LogP contribution in [-0.4, -0.2) is 64.5 Å². The molecule has 2 aliphatic heterocycles. The number of piperidine rings is 1. The van der Waals surface area contributed by atoms with Crippen LogP contribution in [0.2, 0.25) is 0 Å². The second-order valence-electron chi connectivity index (χ2n) is 8.50. The number of anilines is 1. The number of aromatic nitrogens is 4. The van der Waals surface area contributed by atoms with Crippen molar-refractivity contribution in [1.29, 1.82) is 0 Å². The fourth-order valence-electron chi connectivity index (χ4n) is 4.50. The Morgan fingerprint density at radius 1 is 1.26 bits per heavy atom. The summed E-state index contributed by atoms with van der Waals surface area (Å²) in [5.41, 5.74) is 4.12. The number of hydrogen-bond donors (Lipinski definition) is 1. The fraction of sp³-hybridized carbons (Fsp3) is 0.455. The van der Waals surface area contributed by atoms with Gasteiger partial charge >= 0.3 is 0 Å². The van der Waals surface area contributed by atoms with Crippen LogP contribution in [-0.2, 0) is 16.1 Å². The summed E-state index contributed by atoms with van der Waals surface area (Å²) in [5, 5.41) is 8.01. The van der Waals surface area contributed by atoms with Gasteiger partial charge in [-0.25, -0.2) is 4.98 Å². The first-order valence-corrected chi connectivity index (χ1v) is 11.0. The number of nitrogens with zero attached hydrogens (tertiary/aromatic N) is 5. The van der Waals surface area contributed by atoms with E-state index in [4.69, 9.17) is 9.72 Å². The third-order valence-electron chi connectivity index (χ3n) is 6.37. The first-order valence-electron chi connectivity index (χ1n) is 11.0. The van der Waals surface area contributed by atoms with Gasteiger partial charge in [-0.15, -0.1) is 0 Å². The summed E-state index contributed by atoms with van der Waals surface area (Å²) >= 11 is 0. The van der Waals surface area contributed by atoms with Crippen molar-refractivity contribution in [2.75, 3.05) is 31.6 Å². The van der Waals surface area contributed by atoms with E-state index in [1.807, 2.05) is 35.7 Å². The third kappa shape index (κ3) is 4.14. The number of rotatable bonds is 5. The molecular weight excluding hydrogens is 391 g/mol. The van der Waals surface area contributed by atoms with Crippen LogP contribution in [0.1, 0.15) is 36.4 Å². The molecule has 0 aliphatic carbocycles. The van der Waals surface area contributed by atoms with Crippen molar-refractivity contribution in [2.24, 2.45) is 5.92 Å². The molecule has 0 spiro atoms. The van der Waals surface area contributed by atoms with Crippen LogP contribution in [0.4, 0.5) is 5.82 Å². The van der Waals surface area contributed by atoms with E-state index in [-0.39, 0.29) is 11.8 Å². The van der Waals surface area contributed by atoms with Gasteiger partial charge in [0.25, 0.3) is 0 Å². The van der Waals surface area contributed by atoms with Crippen LogP contribution < -0.4 is 10.8 Å². The highest BCUT2D eigenvalue weighted by Gasteiger charge is 2.31. The van der Waals surface area contributed by atoms with E-state index in [0.717, 1.165) is 60.5 Å². The molecule has 0 bridgehead atoms. The lowest BCUT2D eigenvalue weighted by molar-refractivity contribution is -0.136. The van der Waals surface area contributed by atoms with Gasteiger partial charge in [0.2, 0.25) is 5.91 Å². The molecule has 2 saturated heterocycles. The molecule has 5 rings (SSSR count). The third-order valence-corrected chi connectivity index (χ3v) is 6.37. The highest BCUT2D eigenvalue weighted by atomic mass is 16.5. The number of carbonyl (C=O) groups is 1. The number of carbonyl (C=O) groups excluding carboxylic acids is 1. The highest BCUT2D eigenvalue weighted by Crippen LogP contribution is 2.30. The van der Waals surface area contributed by atoms with E-state index in [1.54, 1.807) is 6.20 Å². The van der Waals surface area contributed by atoms with Gasteiger partial charge in [0.1, 0.15) is 13.7 Å². The van der Waals surface area contributed by atoms with Crippen molar-refractivity contribution >= 4 is 30.7 Å². The Hall–Kier alpha value is -2.94. The second-order valence-corrected chi connectivity index (χ2v) is 8.50. The number of ether oxygens (including phenoxy) is 1. The van der Waals surface area contributed by atoms with Crippen molar-refractivity contribution in [1.82, 2.24) is 24.5 Å². The number of fused-ring (bicyclic) bond motifs is 1. The predicted molar refractivity (Wildman–Crippen MR) is 120 cm³/mol. The molecule has 8 nitrogen and oxygen atoms in total. The molecule has 9 heteroatoms. The number of likely N-dealkylation sites (tertiary alicyclic amines) is 1. The average molecular weight is 418 g/mol. The fourth-order valence-corrected chi connectivity index (χ4v) is 4.50. The van der Waals surface area contributed by atoms with Gasteiger partial charge < -0.3 is 15.0 Å². The Morgan fingerprint density at radius 2 is 2.13 bits per heavy atom. The van der Waals surface area contributed by atoms with Crippen LogP contribution >= 0.6 is 0 Å². The summed E-state index contributed by atoms with van der Waals surface area (Å²) in [7, 11) is 2.04. The standard InChI is InChI=1S/C22H27BN6O2/c23-18-13-26-29-20(25-12-15-2-1-6-24-11-15)10-19(27-21(18)29)16-3-7-28(8-4-16)22(30)17-5-9-31-14-17/h1-2,6,10-11,13,16-17,25H,3-5,7-9,12,14,23H2. The maximum Gasteiger partial charge on any atom is 0.228 e. The molecule has 1 amide bonds. The summed E-state index contributed by atoms with van der Waals surface area (Å²) in [4.78, 5) is 23.9. The Kier molecular flexibility index (Phi) is 5.59. The van der Waals surface area contributed by atoms with E-state index in [1.165, 1.54) is 0 Å². The normalized spacial score (nSPS) is 19.7. The van der Waals surface area contributed by atoms with Crippen LogP contribution in [0.5, 0.6) is 0 Å². The Bertz CT molecular complexity index is 1060. The van der Waals surface area contributed by atoms with Gasteiger partial charge in [0.05, 0.1) is 12.5 Å². The maximum absolute atomic E-state index is 12.7. The van der Waals surface area contributed by atoms with E-state index in [2.05, 4.69) is 27.5 Å². The van der Waals surface area contributed by atoms with Gasteiger partial charge in [0, 0.05) is 62.5 Å². The van der Waals surface area contributed by atoms with Crippen LogP contribution in [0.15, 0.2) is 36.8 Å². The van der Waals surface area contributed by atoms with Gasteiger partial charge in [-0.1, -0.05) is 6.07 Å². The molecule has 2 fully saturated rings. The quantitative estimate of drug-likeness (QED) is 0.616. The topological polar surface area (TPSA) is 84.7 Å². The molecule has 1 atom stereocenters. The molecule has 2 aliphatic rings. The second kappa shape index (κ2) is 8.67. The molecule has 0 aromatic carbocycles. The molecule has 160 valence electrons. The monoisotopic (exact) mass is 418 g/mol. The highest BCUT2D eigenvalue weighted by molar-refractivity contribution is 6.36. The zero-order chi connectivity index (χ0) is 21.2. The summed E-state index contributed by atoms with van der Waals surface area (Å²) in [6.45, 7) is 3.51. The number of nitrogens with one attached hydrogen (secondary N) is 1. The summed E-state index contributed by atoms with van der Waals surface area (Å²) in [6, 6.07) is 6.11. The first kappa shape index (κ1) is 20.0. The molecule has 5 heterocycles. The lowest BCUT2D eigenvalue weighted by Gasteiger charge is -2.33. The van der Waals surface area contributed by atoms with E-state index >= 15 is 0 Å². The summed E-state index contributed by atoms with van der Waals surface area (Å²) < 4.78 is 7.26. The largest absolute Gasteiger partial charge is 0.381 e. The lowest BCUT2D eigenvalue weighted by atomic mass is 9.92. The first-order chi connectivity index (χ1) is 15.2. The predicted octanol–water partition coefficient (Wildman–Crippen LogP) is 0.737. The zero-order valence-electron chi connectivity index (χ0n) is 17.8. The van der Waals surface area contributed by atoms with E-state index in [9.17, 15) is 4.79 Å². The van der Waals surface area contributed by atoms with E-state index in [0.29, 0.717) is 25.7 Å². The Balaban J connectivity index is 1.32. The van der Waals surface area contributed by atoms with Gasteiger partial charge in [-0.3, -0.25) is 9.78 Å². The Morgan fingerprint density at radius 3 is 2.87 bits per heavy atom. The van der Waals surface area contributed by atoms with Crippen molar-refractivity contribution in [3.8, 4) is 0 Å².